The Kier molecular flexibility index (Phi) is 4.70. The van der Waals surface area contributed by atoms with Crippen molar-refractivity contribution >= 4 is 5.91 Å². The molecule has 1 aromatic rings. The molecule has 1 fully saturated rings. The van der Waals surface area contributed by atoms with Crippen LogP contribution in [0.25, 0.3) is 0 Å². The van der Waals surface area contributed by atoms with Crippen LogP contribution in [0.2, 0.25) is 0 Å². The standard InChI is InChI=1S/C14H21N3O/c15-11-13-3-1-2-10-17(13)14(18)5-4-12-6-8-16-9-7-12/h6-9,13H,1-5,10-11,15H2. The summed E-state index contributed by atoms with van der Waals surface area (Å²) in [5.74, 6) is 0.238. The molecule has 1 saturated heterocycles. The fourth-order valence-electron chi connectivity index (χ4n) is 2.52. The highest BCUT2D eigenvalue weighted by atomic mass is 16.2. The van der Waals surface area contributed by atoms with Crippen LogP contribution in [0.5, 0.6) is 0 Å². The number of carbonyl (C=O) groups is 1. The van der Waals surface area contributed by atoms with Crippen molar-refractivity contribution in [3.63, 3.8) is 0 Å². The molecule has 1 unspecified atom stereocenters. The molecule has 0 aromatic carbocycles. The molecule has 18 heavy (non-hydrogen) atoms. The first-order valence-electron chi connectivity index (χ1n) is 6.69. The molecule has 1 atom stereocenters. The molecule has 4 heteroatoms. The van der Waals surface area contributed by atoms with Crippen molar-refractivity contribution < 1.29 is 4.79 Å². The summed E-state index contributed by atoms with van der Waals surface area (Å²) >= 11 is 0. The van der Waals surface area contributed by atoms with E-state index >= 15 is 0 Å². The molecule has 1 amide bonds. The highest BCUT2D eigenvalue weighted by Crippen LogP contribution is 2.17. The van der Waals surface area contributed by atoms with E-state index in [0.717, 1.165) is 25.8 Å². The summed E-state index contributed by atoms with van der Waals surface area (Å²) in [6, 6.07) is 4.18. The van der Waals surface area contributed by atoms with Gasteiger partial charge in [-0.2, -0.15) is 0 Å². The number of amides is 1. The molecule has 0 radical (unpaired) electrons. The highest BCUT2D eigenvalue weighted by molar-refractivity contribution is 5.77. The first kappa shape index (κ1) is 13.0. The molecule has 0 spiro atoms. The zero-order chi connectivity index (χ0) is 12.8. The van der Waals surface area contributed by atoms with Crippen molar-refractivity contribution in [2.24, 2.45) is 5.73 Å². The Labute approximate surface area is 108 Å². The maximum atomic E-state index is 12.2. The number of aromatic nitrogens is 1. The van der Waals surface area contributed by atoms with E-state index in [-0.39, 0.29) is 11.9 Å². The van der Waals surface area contributed by atoms with Crippen LogP contribution in [0.15, 0.2) is 24.5 Å². The van der Waals surface area contributed by atoms with E-state index in [1.165, 1.54) is 12.0 Å². The summed E-state index contributed by atoms with van der Waals surface area (Å²) in [6.45, 7) is 1.46. The molecule has 98 valence electrons. The number of piperidine rings is 1. The zero-order valence-corrected chi connectivity index (χ0v) is 10.7. The minimum Gasteiger partial charge on any atom is -0.338 e. The number of rotatable bonds is 4. The highest BCUT2D eigenvalue weighted by Gasteiger charge is 2.24. The van der Waals surface area contributed by atoms with Crippen molar-refractivity contribution in [2.45, 2.75) is 38.1 Å². The molecule has 0 bridgehead atoms. The van der Waals surface area contributed by atoms with Gasteiger partial charge in [0.2, 0.25) is 5.91 Å². The predicted molar refractivity (Wildman–Crippen MR) is 71.0 cm³/mol. The van der Waals surface area contributed by atoms with E-state index in [1.54, 1.807) is 12.4 Å². The SMILES string of the molecule is NCC1CCCCN1C(=O)CCc1ccncc1. The number of hydrogen-bond donors (Lipinski definition) is 1. The summed E-state index contributed by atoms with van der Waals surface area (Å²) < 4.78 is 0. The second-order valence-electron chi connectivity index (χ2n) is 4.83. The van der Waals surface area contributed by atoms with E-state index in [1.807, 2.05) is 17.0 Å². The third-order valence-electron chi connectivity index (χ3n) is 3.60. The van der Waals surface area contributed by atoms with Gasteiger partial charge in [0.05, 0.1) is 0 Å². The van der Waals surface area contributed by atoms with Crippen molar-refractivity contribution in [1.82, 2.24) is 9.88 Å². The predicted octanol–water partition coefficient (Wildman–Crippen LogP) is 1.35. The average molecular weight is 247 g/mol. The van der Waals surface area contributed by atoms with Crippen LogP contribution >= 0.6 is 0 Å². The average Bonchev–Trinajstić information content (AvgIpc) is 2.45. The van der Waals surface area contributed by atoms with Gasteiger partial charge in [0, 0.05) is 37.9 Å². The summed E-state index contributed by atoms with van der Waals surface area (Å²) in [7, 11) is 0. The van der Waals surface area contributed by atoms with Gasteiger partial charge in [-0.1, -0.05) is 0 Å². The van der Waals surface area contributed by atoms with Gasteiger partial charge in [-0.15, -0.1) is 0 Å². The van der Waals surface area contributed by atoms with Crippen molar-refractivity contribution in [3.05, 3.63) is 30.1 Å². The van der Waals surface area contributed by atoms with Crippen LogP contribution in [-0.2, 0) is 11.2 Å². The number of pyridine rings is 1. The summed E-state index contributed by atoms with van der Waals surface area (Å²) in [5.41, 5.74) is 6.90. The van der Waals surface area contributed by atoms with E-state index < -0.39 is 0 Å². The Bertz CT molecular complexity index is 380. The summed E-state index contributed by atoms with van der Waals surface area (Å²) in [6.07, 6.45) is 8.24. The van der Waals surface area contributed by atoms with Gasteiger partial charge in [0.25, 0.3) is 0 Å². The Morgan fingerprint density at radius 2 is 2.17 bits per heavy atom. The monoisotopic (exact) mass is 247 g/mol. The molecular weight excluding hydrogens is 226 g/mol. The maximum absolute atomic E-state index is 12.2. The van der Waals surface area contributed by atoms with E-state index in [0.29, 0.717) is 13.0 Å². The molecule has 4 nitrogen and oxygen atoms in total. The van der Waals surface area contributed by atoms with Crippen LogP contribution in [0.1, 0.15) is 31.2 Å². The van der Waals surface area contributed by atoms with Gasteiger partial charge < -0.3 is 10.6 Å². The minimum absolute atomic E-state index is 0.238. The largest absolute Gasteiger partial charge is 0.338 e. The van der Waals surface area contributed by atoms with Gasteiger partial charge in [0.1, 0.15) is 0 Å². The third kappa shape index (κ3) is 3.29. The second kappa shape index (κ2) is 6.50. The molecule has 2 heterocycles. The van der Waals surface area contributed by atoms with E-state index in [9.17, 15) is 4.79 Å². The Morgan fingerprint density at radius 3 is 2.89 bits per heavy atom. The summed E-state index contributed by atoms with van der Waals surface area (Å²) in [4.78, 5) is 18.1. The van der Waals surface area contributed by atoms with E-state index in [4.69, 9.17) is 5.73 Å². The van der Waals surface area contributed by atoms with Crippen LogP contribution in [0.3, 0.4) is 0 Å². The third-order valence-corrected chi connectivity index (χ3v) is 3.60. The fourth-order valence-corrected chi connectivity index (χ4v) is 2.52. The lowest BCUT2D eigenvalue weighted by Crippen LogP contribution is -2.47. The molecule has 2 N–H and O–H groups in total. The quantitative estimate of drug-likeness (QED) is 0.873. The van der Waals surface area contributed by atoms with Gasteiger partial charge in [-0.3, -0.25) is 9.78 Å². The van der Waals surface area contributed by atoms with Crippen LogP contribution in [0.4, 0.5) is 0 Å². The number of hydrogen-bond acceptors (Lipinski definition) is 3. The maximum Gasteiger partial charge on any atom is 0.223 e. The number of likely N-dealkylation sites (tertiary alicyclic amines) is 1. The fraction of sp³-hybridized carbons (Fsp3) is 0.571. The number of aryl methyl sites for hydroxylation is 1. The molecule has 2 rings (SSSR count). The molecule has 1 aliphatic rings. The lowest BCUT2D eigenvalue weighted by molar-refractivity contribution is -0.134. The van der Waals surface area contributed by atoms with Crippen LogP contribution in [0, 0.1) is 0 Å². The normalized spacial score (nSPS) is 19.8. The van der Waals surface area contributed by atoms with Crippen LogP contribution < -0.4 is 5.73 Å². The topological polar surface area (TPSA) is 59.2 Å². The molecule has 0 saturated carbocycles. The minimum atomic E-state index is 0.238. The number of nitrogens with two attached hydrogens (primary N) is 1. The molecule has 0 aliphatic carbocycles. The van der Waals surface area contributed by atoms with Crippen molar-refractivity contribution in [3.8, 4) is 0 Å². The molecular formula is C14H21N3O. The number of carbonyl (C=O) groups excluding carboxylic acids is 1. The van der Waals surface area contributed by atoms with Gasteiger partial charge in [-0.25, -0.2) is 0 Å². The van der Waals surface area contributed by atoms with E-state index in [2.05, 4.69) is 4.98 Å². The zero-order valence-electron chi connectivity index (χ0n) is 10.7. The Balaban J connectivity index is 1.87. The first-order chi connectivity index (χ1) is 8.81. The Hall–Kier alpha value is -1.42. The smallest absolute Gasteiger partial charge is 0.223 e. The second-order valence-corrected chi connectivity index (χ2v) is 4.83. The lowest BCUT2D eigenvalue weighted by atomic mass is 10.0. The first-order valence-corrected chi connectivity index (χ1v) is 6.69. The van der Waals surface area contributed by atoms with Crippen LogP contribution in [-0.4, -0.2) is 34.9 Å². The molecule has 1 aromatic heterocycles. The Morgan fingerprint density at radius 1 is 1.39 bits per heavy atom. The number of nitrogens with zero attached hydrogens (tertiary/aromatic N) is 2. The lowest BCUT2D eigenvalue weighted by Gasteiger charge is -2.35. The molecule has 1 aliphatic heterocycles. The van der Waals surface area contributed by atoms with Gasteiger partial charge in [0.15, 0.2) is 0 Å². The summed E-state index contributed by atoms with van der Waals surface area (Å²) in [5, 5.41) is 0. The van der Waals surface area contributed by atoms with Gasteiger partial charge >= 0.3 is 0 Å². The van der Waals surface area contributed by atoms with Crippen molar-refractivity contribution in [2.75, 3.05) is 13.1 Å². The van der Waals surface area contributed by atoms with Gasteiger partial charge in [-0.05, 0) is 43.4 Å². The van der Waals surface area contributed by atoms with Crippen molar-refractivity contribution in [1.29, 1.82) is 0 Å².